The van der Waals surface area contributed by atoms with Crippen molar-refractivity contribution in [2.45, 2.75) is 39.3 Å². The molecule has 4 heteroatoms. The molecule has 0 bridgehead atoms. The minimum Gasteiger partial charge on any atom is -0.481 e. The number of rotatable bonds is 6. The molecule has 0 spiro atoms. The lowest BCUT2D eigenvalue weighted by Crippen LogP contribution is -2.36. The van der Waals surface area contributed by atoms with E-state index in [0.29, 0.717) is 12.5 Å². The van der Waals surface area contributed by atoms with Crippen molar-refractivity contribution in [1.82, 2.24) is 5.32 Å². The Bertz CT molecular complexity index is 653. The molecule has 0 aliphatic heterocycles. The van der Waals surface area contributed by atoms with Gasteiger partial charge in [-0.1, -0.05) is 44.2 Å². The summed E-state index contributed by atoms with van der Waals surface area (Å²) in [5, 5.41) is 2.80. The van der Waals surface area contributed by atoms with Crippen molar-refractivity contribution < 1.29 is 13.9 Å². The van der Waals surface area contributed by atoms with Gasteiger partial charge in [-0.15, -0.1) is 0 Å². The number of hydrogen-bond donors (Lipinski definition) is 1. The molecule has 0 aliphatic rings. The van der Waals surface area contributed by atoms with Crippen LogP contribution in [0, 0.1) is 5.82 Å². The van der Waals surface area contributed by atoms with Gasteiger partial charge in [0.05, 0.1) is 0 Å². The van der Waals surface area contributed by atoms with E-state index in [1.165, 1.54) is 12.1 Å². The van der Waals surface area contributed by atoms with Crippen LogP contribution in [0.2, 0.25) is 0 Å². The molecule has 0 fully saturated rings. The summed E-state index contributed by atoms with van der Waals surface area (Å²) in [5.41, 5.74) is 1.92. The molecule has 122 valence electrons. The highest BCUT2D eigenvalue weighted by atomic mass is 19.1. The standard InChI is InChI=1S/C19H22FNO2/c1-13(2)17-6-4-5-7-18(17)23-14(3)19(22)21-12-15-8-10-16(20)11-9-15/h4-11,13-14H,12H2,1-3H3,(H,21,22). The van der Waals surface area contributed by atoms with Gasteiger partial charge >= 0.3 is 0 Å². The lowest BCUT2D eigenvalue weighted by Gasteiger charge is -2.18. The van der Waals surface area contributed by atoms with Gasteiger partial charge in [-0.05, 0) is 42.2 Å². The van der Waals surface area contributed by atoms with Crippen molar-refractivity contribution in [2.24, 2.45) is 0 Å². The van der Waals surface area contributed by atoms with Gasteiger partial charge in [-0.2, -0.15) is 0 Å². The Hall–Kier alpha value is -2.36. The molecule has 1 atom stereocenters. The molecule has 1 unspecified atom stereocenters. The zero-order valence-corrected chi connectivity index (χ0v) is 13.7. The second-order valence-corrected chi connectivity index (χ2v) is 5.80. The highest BCUT2D eigenvalue weighted by molar-refractivity contribution is 5.80. The van der Waals surface area contributed by atoms with Gasteiger partial charge in [0.1, 0.15) is 11.6 Å². The molecule has 0 aliphatic carbocycles. The number of para-hydroxylation sites is 1. The molecule has 1 amide bonds. The van der Waals surface area contributed by atoms with E-state index < -0.39 is 6.10 Å². The molecular weight excluding hydrogens is 293 g/mol. The molecule has 0 aromatic heterocycles. The zero-order valence-electron chi connectivity index (χ0n) is 13.7. The Morgan fingerprint density at radius 1 is 1.09 bits per heavy atom. The van der Waals surface area contributed by atoms with E-state index in [9.17, 15) is 9.18 Å². The van der Waals surface area contributed by atoms with Gasteiger partial charge in [-0.25, -0.2) is 4.39 Å². The first-order valence-corrected chi connectivity index (χ1v) is 7.75. The topological polar surface area (TPSA) is 38.3 Å². The summed E-state index contributed by atoms with van der Waals surface area (Å²) in [6, 6.07) is 13.8. The largest absolute Gasteiger partial charge is 0.481 e. The molecule has 0 heterocycles. The average molecular weight is 315 g/mol. The molecule has 23 heavy (non-hydrogen) atoms. The van der Waals surface area contributed by atoms with E-state index in [1.807, 2.05) is 24.3 Å². The summed E-state index contributed by atoms with van der Waals surface area (Å²) in [6.07, 6.45) is -0.602. The summed E-state index contributed by atoms with van der Waals surface area (Å²) < 4.78 is 18.7. The fourth-order valence-electron chi connectivity index (χ4n) is 2.24. The first-order chi connectivity index (χ1) is 11.0. The molecule has 3 nitrogen and oxygen atoms in total. The number of amides is 1. The van der Waals surface area contributed by atoms with Gasteiger partial charge < -0.3 is 10.1 Å². The minimum atomic E-state index is -0.602. The smallest absolute Gasteiger partial charge is 0.261 e. The quantitative estimate of drug-likeness (QED) is 0.874. The number of benzene rings is 2. The third kappa shape index (κ3) is 4.81. The molecule has 1 N–H and O–H groups in total. The van der Waals surface area contributed by atoms with Crippen molar-refractivity contribution in [2.75, 3.05) is 0 Å². The fraction of sp³-hybridized carbons (Fsp3) is 0.316. The average Bonchev–Trinajstić information content (AvgIpc) is 2.54. The van der Waals surface area contributed by atoms with Crippen LogP contribution in [0.25, 0.3) is 0 Å². The van der Waals surface area contributed by atoms with Crippen LogP contribution in [0.5, 0.6) is 5.75 Å². The number of ether oxygens (including phenoxy) is 1. The number of nitrogens with one attached hydrogen (secondary N) is 1. The predicted molar refractivity (Wildman–Crippen MR) is 88.9 cm³/mol. The van der Waals surface area contributed by atoms with Crippen molar-refractivity contribution in [3.05, 3.63) is 65.5 Å². The number of carbonyl (C=O) groups is 1. The zero-order chi connectivity index (χ0) is 16.8. The van der Waals surface area contributed by atoms with E-state index in [0.717, 1.165) is 16.9 Å². The Balaban J connectivity index is 1.94. The van der Waals surface area contributed by atoms with Crippen LogP contribution in [-0.2, 0) is 11.3 Å². The summed E-state index contributed by atoms with van der Waals surface area (Å²) in [4.78, 5) is 12.2. The van der Waals surface area contributed by atoms with Crippen LogP contribution in [-0.4, -0.2) is 12.0 Å². The third-order valence-corrected chi connectivity index (χ3v) is 3.59. The van der Waals surface area contributed by atoms with Gasteiger partial charge in [-0.3, -0.25) is 4.79 Å². The molecule has 0 saturated heterocycles. The van der Waals surface area contributed by atoms with Crippen LogP contribution in [0.1, 0.15) is 37.8 Å². The molecule has 2 aromatic rings. The Kier molecular flexibility index (Phi) is 5.74. The molecule has 0 radical (unpaired) electrons. The lowest BCUT2D eigenvalue weighted by atomic mass is 10.0. The van der Waals surface area contributed by atoms with Gasteiger partial charge in [0.2, 0.25) is 0 Å². The highest BCUT2D eigenvalue weighted by Gasteiger charge is 2.16. The fourth-order valence-corrected chi connectivity index (χ4v) is 2.24. The Morgan fingerprint density at radius 2 is 1.74 bits per heavy atom. The van der Waals surface area contributed by atoms with Gasteiger partial charge in [0.15, 0.2) is 6.10 Å². The van der Waals surface area contributed by atoms with Crippen LogP contribution in [0.4, 0.5) is 4.39 Å². The maximum absolute atomic E-state index is 12.9. The summed E-state index contributed by atoms with van der Waals surface area (Å²) >= 11 is 0. The summed E-state index contributed by atoms with van der Waals surface area (Å²) in [6.45, 7) is 6.23. The maximum atomic E-state index is 12.9. The third-order valence-electron chi connectivity index (χ3n) is 3.59. The number of carbonyl (C=O) groups excluding carboxylic acids is 1. The first-order valence-electron chi connectivity index (χ1n) is 7.75. The molecule has 0 saturated carbocycles. The van der Waals surface area contributed by atoms with E-state index in [4.69, 9.17) is 4.74 Å². The van der Waals surface area contributed by atoms with E-state index in [1.54, 1.807) is 19.1 Å². The molecule has 2 aromatic carbocycles. The second-order valence-electron chi connectivity index (χ2n) is 5.80. The van der Waals surface area contributed by atoms with Crippen molar-refractivity contribution in [3.63, 3.8) is 0 Å². The Labute approximate surface area is 136 Å². The van der Waals surface area contributed by atoms with Gasteiger partial charge in [0, 0.05) is 6.54 Å². The van der Waals surface area contributed by atoms with E-state index in [-0.39, 0.29) is 11.7 Å². The SMILES string of the molecule is CC(Oc1ccccc1C(C)C)C(=O)NCc1ccc(F)cc1. The minimum absolute atomic E-state index is 0.201. The first kappa shape index (κ1) is 17.0. The number of hydrogen-bond acceptors (Lipinski definition) is 2. The maximum Gasteiger partial charge on any atom is 0.261 e. The molecular formula is C19H22FNO2. The van der Waals surface area contributed by atoms with Crippen molar-refractivity contribution in [3.8, 4) is 5.75 Å². The van der Waals surface area contributed by atoms with Crippen molar-refractivity contribution >= 4 is 5.91 Å². The van der Waals surface area contributed by atoms with Gasteiger partial charge in [0.25, 0.3) is 5.91 Å². The summed E-state index contributed by atoms with van der Waals surface area (Å²) in [5.74, 6) is 0.558. The van der Waals surface area contributed by atoms with Crippen LogP contribution >= 0.6 is 0 Å². The van der Waals surface area contributed by atoms with Crippen molar-refractivity contribution in [1.29, 1.82) is 0 Å². The summed E-state index contributed by atoms with van der Waals surface area (Å²) in [7, 11) is 0. The van der Waals surface area contributed by atoms with E-state index >= 15 is 0 Å². The number of halogens is 1. The Morgan fingerprint density at radius 3 is 2.39 bits per heavy atom. The molecule has 2 rings (SSSR count). The van der Waals surface area contributed by atoms with Crippen LogP contribution < -0.4 is 10.1 Å². The van der Waals surface area contributed by atoms with E-state index in [2.05, 4.69) is 19.2 Å². The normalized spacial score (nSPS) is 12.0. The lowest BCUT2D eigenvalue weighted by molar-refractivity contribution is -0.127. The predicted octanol–water partition coefficient (Wildman–Crippen LogP) is 4.03. The van der Waals surface area contributed by atoms with Crippen LogP contribution in [0.3, 0.4) is 0 Å². The second kappa shape index (κ2) is 7.77. The highest BCUT2D eigenvalue weighted by Crippen LogP contribution is 2.26. The van der Waals surface area contributed by atoms with Crippen LogP contribution in [0.15, 0.2) is 48.5 Å². The monoisotopic (exact) mass is 315 g/mol.